The van der Waals surface area contributed by atoms with E-state index in [2.05, 4.69) is 10.4 Å². The third kappa shape index (κ3) is 3.36. The summed E-state index contributed by atoms with van der Waals surface area (Å²) in [6.07, 6.45) is 1.80. The molecule has 15 heavy (non-hydrogen) atoms. The molecule has 0 radical (unpaired) electrons. The fourth-order valence-electron chi connectivity index (χ4n) is 1.19. The van der Waals surface area contributed by atoms with Crippen LogP contribution in [0.3, 0.4) is 0 Å². The Bertz CT molecular complexity index is 322. The molecular weight excluding hydrogens is 194 g/mol. The topological polar surface area (TPSA) is 56.1 Å². The average molecular weight is 211 g/mol. The lowest BCUT2D eigenvalue weighted by molar-refractivity contribution is -0.124. The first-order valence-electron chi connectivity index (χ1n) is 4.93. The van der Waals surface area contributed by atoms with Gasteiger partial charge in [0.05, 0.1) is 12.3 Å². The normalized spacial score (nSPS) is 12.5. The molecule has 84 valence electrons. The first-order valence-corrected chi connectivity index (χ1v) is 4.93. The largest absolute Gasteiger partial charge is 0.383 e. The number of hydrogen-bond donors (Lipinski definition) is 1. The van der Waals surface area contributed by atoms with Crippen molar-refractivity contribution in [2.75, 3.05) is 20.3 Å². The number of carbonyl (C=O) groups is 1. The van der Waals surface area contributed by atoms with Crippen LogP contribution in [0.5, 0.6) is 0 Å². The Morgan fingerprint density at radius 2 is 2.47 bits per heavy atom. The SMILES string of the molecule is COCCNC(=O)C(C)n1ccc(C)n1. The molecule has 0 aromatic carbocycles. The number of methoxy groups -OCH3 is 1. The molecule has 1 atom stereocenters. The van der Waals surface area contributed by atoms with Gasteiger partial charge in [-0.05, 0) is 19.9 Å². The highest BCUT2D eigenvalue weighted by molar-refractivity contribution is 5.79. The van der Waals surface area contributed by atoms with Crippen LogP contribution in [-0.4, -0.2) is 35.9 Å². The van der Waals surface area contributed by atoms with Gasteiger partial charge < -0.3 is 10.1 Å². The van der Waals surface area contributed by atoms with Crippen LogP contribution in [0.15, 0.2) is 12.3 Å². The second-order valence-corrected chi connectivity index (χ2v) is 3.40. The lowest BCUT2D eigenvalue weighted by Gasteiger charge is -2.12. The molecule has 0 aliphatic heterocycles. The lowest BCUT2D eigenvalue weighted by Crippen LogP contribution is -2.33. The monoisotopic (exact) mass is 211 g/mol. The zero-order chi connectivity index (χ0) is 11.3. The number of ether oxygens (including phenoxy) is 1. The highest BCUT2D eigenvalue weighted by Crippen LogP contribution is 2.04. The van der Waals surface area contributed by atoms with Crippen LogP contribution in [0.25, 0.3) is 0 Å². The molecule has 5 nitrogen and oxygen atoms in total. The standard InChI is InChI=1S/C10H17N3O2/c1-8-4-6-13(12-8)9(2)10(14)11-5-7-15-3/h4,6,9H,5,7H2,1-3H3,(H,11,14). The Labute approximate surface area is 89.4 Å². The van der Waals surface area contributed by atoms with Crippen molar-refractivity contribution in [3.05, 3.63) is 18.0 Å². The number of rotatable bonds is 5. The van der Waals surface area contributed by atoms with E-state index in [0.717, 1.165) is 5.69 Å². The van der Waals surface area contributed by atoms with E-state index >= 15 is 0 Å². The van der Waals surface area contributed by atoms with Crippen LogP contribution in [0.4, 0.5) is 0 Å². The van der Waals surface area contributed by atoms with E-state index in [0.29, 0.717) is 13.2 Å². The van der Waals surface area contributed by atoms with Crippen LogP contribution < -0.4 is 5.32 Å². The van der Waals surface area contributed by atoms with Crippen molar-refractivity contribution in [3.63, 3.8) is 0 Å². The van der Waals surface area contributed by atoms with E-state index in [9.17, 15) is 4.79 Å². The second-order valence-electron chi connectivity index (χ2n) is 3.40. The molecule has 1 aromatic rings. The molecule has 1 N–H and O–H groups in total. The first kappa shape index (κ1) is 11.7. The van der Waals surface area contributed by atoms with Gasteiger partial charge in [-0.1, -0.05) is 0 Å². The molecule has 0 fully saturated rings. The lowest BCUT2D eigenvalue weighted by atomic mass is 10.3. The Morgan fingerprint density at radius 3 is 3.00 bits per heavy atom. The Kier molecular flexibility index (Phi) is 4.30. The second kappa shape index (κ2) is 5.50. The number of hydrogen-bond acceptors (Lipinski definition) is 3. The molecule has 1 aromatic heterocycles. The van der Waals surface area contributed by atoms with Gasteiger partial charge in [-0.15, -0.1) is 0 Å². The number of nitrogens with one attached hydrogen (secondary N) is 1. The van der Waals surface area contributed by atoms with E-state index < -0.39 is 0 Å². The van der Waals surface area contributed by atoms with Crippen molar-refractivity contribution >= 4 is 5.91 Å². The first-order chi connectivity index (χ1) is 7.15. The Morgan fingerprint density at radius 1 is 1.73 bits per heavy atom. The van der Waals surface area contributed by atoms with Crippen molar-refractivity contribution in [1.29, 1.82) is 0 Å². The van der Waals surface area contributed by atoms with E-state index in [1.54, 1.807) is 18.0 Å². The summed E-state index contributed by atoms with van der Waals surface area (Å²) in [7, 11) is 1.60. The number of nitrogens with zero attached hydrogens (tertiary/aromatic N) is 2. The summed E-state index contributed by atoms with van der Waals surface area (Å²) >= 11 is 0. The van der Waals surface area contributed by atoms with Crippen LogP contribution >= 0.6 is 0 Å². The summed E-state index contributed by atoms with van der Waals surface area (Å²) in [5, 5.41) is 6.95. The van der Waals surface area contributed by atoms with Crippen molar-refractivity contribution < 1.29 is 9.53 Å². The summed E-state index contributed by atoms with van der Waals surface area (Å²) in [5.41, 5.74) is 0.909. The number of amides is 1. The zero-order valence-electron chi connectivity index (χ0n) is 9.36. The molecule has 1 unspecified atom stereocenters. The molecule has 0 saturated heterocycles. The Balaban J connectivity index is 2.46. The van der Waals surface area contributed by atoms with Crippen molar-refractivity contribution in [1.82, 2.24) is 15.1 Å². The minimum Gasteiger partial charge on any atom is -0.383 e. The maximum atomic E-state index is 11.6. The number of carbonyl (C=O) groups excluding carboxylic acids is 1. The van der Waals surface area contributed by atoms with Crippen LogP contribution in [-0.2, 0) is 9.53 Å². The minimum absolute atomic E-state index is 0.0462. The fraction of sp³-hybridized carbons (Fsp3) is 0.600. The third-order valence-corrected chi connectivity index (χ3v) is 2.12. The maximum absolute atomic E-state index is 11.6. The fourth-order valence-corrected chi connectivity index (χ4v) is 1.19. The van der Waals surface area contributed by atoms with Crippen molar-refractivity contribution in [3.8, 4) is 0 Å². The third-order valence-electron chi connectivity index (χ3n) is 2.12. The highest BCUT2D eigenvalue weighted by Gasteiger charge is 2.14. The summed E-state index contributed by atoms with van der Waals surface area (Å²) in [6, 6.07) is 1.59. The van der Waals surface area contributed by atoms with Gasteiger partial charge in [-0.3, -0.25) is 9.48 Å². The predicted octanol–water partition coefficient (Wildman–Crippen LogP) is 0.515. The van der Waals surface area contributed by atoms with Gasteiger partial charge in [0.25, 0.3) is 0 Å². The molecule has 0 saturated carbocycles. The zero-order valence-corrected chi connectivity index (χ0v) is 9.36. The van der Waals surface area contributed by atoms with E-state index in [1.165, 1.54) is 0 Å². The Hall–Kier alpha value is -1.36. The molecule has 5 heteroatoms. The van der Waals surface area contributed by atoms with Crippen molar-refractivity contribution in [2.24, 2.45) is 0 Å². The number of aryl methyl sites for hydroxylation is 1. The molecule has 1 rings (SSSR count). The summed E-state index contributed by atoms with van der Waals surface area (Å²) < 4.78 is 6.49. The summed E-state index contributed by atoms with van der Waals surface area (Å²) in [5.74, 6) is -0.0462. The van der Waals surface area contributed by atoms with Crippen molar-refractivity contribution in [2.45, 2.75) is 19.9 Å². The van der Waals surface area contributed by atoms with Gasteiger partial charge in [0.15, 0.2) is 0 Å². The summed E-state index contributed by atoms with van der Waals surface area (Å²) in [6.45, 7) is 4.76. The molecule has 0 aliphatic carbocycles. The van der Waals surface area contributed by atoms with Gasteiger partial charge >= 0.3 is 0 Å². The number of aromatic nitrogens is 2. The highest BCUT2D eigenvalue weighted by atomic mass is 16.5. The quantitative estimate of drug-likeness (QED) is 0.722. The van der Waals surface area contributed by atoms with Gasteiger partial charge in [-0.25, -0.2) is 0 Å². The van der Waals surface area contributed by atoms with E-state index in [1.807, 2.05) is 19.9 Å². The van der Waals surface area contributed by atoms with E-state index in [-0.39, 0.29) is 11.9 Å². The minimum atomic E-state index is -0.282. The van der Waals surface area contributed by atoms with Crippen LogP contribution in [0, 0.1) is 6.92 Å². The molecule has 1 amide bonds. The van der Waals surface area contributed by atoms with Gasteiger partial charge in [0, 0.05) is 19.9 Å². The molecule has 0 aliphatic rings. The summed E-state index contributed by atoms with van der Waals surface area (Å²) in [4.78, 5) is 11.6. The van der Waals surface area contributed by atoms with Gasteiger partial charge in [0.2, 0.25) is 5.91 Å². The van der Waals surface area contributed by atoms with E-state index in [4.69, 9.17) is 4.74 Å². The smallest absolute Gasteiger partial charge is 0.244 e. The van der Waals surface area contributed by atoms with Gasteiger partial charge in [-0.2, -0.15) is 5.10 Å². The van der Waals surface area contributed by atoms with Gasteiger partial charge in [0.1, 0.15) is 6.04 Å². The predicted molar refractivity (Wildman–Crippen MR) is 56.6 cm³/mol. The van der Waals surface area contributed by atoms with Crippen LogP contribution in [0.1, 0.15) is 18.7 Å². The molecule has 0 bridgehead atoms. The van der Waals surface area contributed by atoms with Crippen LogP contribution in [0.2, 0.25) is 0 Å². The molecular formula is C10H17N3O2. The average Bonchev–Trinajstić information content (AvgIpc) is 2.64. The molecule has 1 heterocycles. The molecule has 0 spiro atoms. The maximum Gasteiger partial charge on any atom is 0.244 e.